The first-order valence-electron chi connectivity index (χ1n) is 11.2. The summed E-state index contributed by atoms with van der Waals surface area (Å²) in [5.41, 5.74) is 1.34. The maximum Gasteiger partial charge on any atom is 0.225 e. The van der Waals surface area contributed by atoms with Crippen molar-refractivity contribution in [1.29, 1.82) is 0 Å². The predicted octanol–water partition coefficient (Wildman–Crippen LogP) is 2.17. The van der Waals surface area contributed by atoms with Crippen molar-refractivity contribution >= 4 is 11.9 Å². The van der Waals surface area contributed by atoms with Gasteiger partial charge in [0.1, 0.15) is 5.60 Å². The van der Waals surface area contributed by atoms with E-state index < -0.39 is 5.60 Å². The fourth-order valence-electron chi connectivity index (χ4n) is 5.07. The van der Waals surface area contributed by atoms with Crippen LogP contribution in [-0.4, -0.2) is 54.1 Å². The molecule has 0 radical (unpaired) electrons. The van der Waals surface area contributed by atoms with Gasteiger partial charge in [0.25, 0.3) is 0 Å². The number of carbonyl (C=O) groups is 1. The number of fused-ring (bicyclic) bond motifs is 1. The second-order valence-corrected chi connectivity index (χ2v) is 8.78. The number of amides is 1. The Morgan fingerprint density at radius 1 is 1.28 bits per heavy atom. The Morgan fingerprint density at radius 3 is 2.86 bits per heavy atom. The van der Waals surface area contributed by atoms with Gasteiger partial charge in [-0.3, -0.25) is 4.79 Å². The smallest absolute Gasteiger partial charge is 0.225 e. The Bertz CT molecular complexity index is 759. The van der Waals surface area contributed by atoms with Gasteiger partial charge in [-0.25, -0.2) is 4.99 Å². The van der Waals surface area contributed by atoms with Crippen LogP contribution in [0.2, 0.25) is 0 Å². The monoisotopic (exact) mass is 398 g/mol. The topological polar surface area (TPSA) is 77.0 Å². The van der Waals surface area contributed by atoms with E-state index in [1.54, 1.807) is 0 Å². The molecule has 2 atom stereocenters. The molecule has 6 heteroatoms. The van der Waals surface area contributed by atoms with Crippen LogP contribution in [0, 0.1) is 5.92 Å². The number of nitrogens with one attached hydrogen (secondary N) is 2. The van der Waals surface area contributed by atoms with Gasteiger partial charge in [-0.05, 0) is 50.2 Å². The summed E-state index contributed by atoms with van der Waals surface area (Å²) in [6.07, 6.45) is 7.03. The molecular weight excluding hydrogens is 364 g/mol. The van der Waals surface area contributed by atoms with E-state index in [0.717, 1.165) is 56.8 Å². The van der Waals surface area contributed by atoms with Gasteiger partial charge in [0.2, 0.25) is 5.91 Å². The largest absolute Gasteiger partial charge is 0.383 e. The van der Waals surface area contributed by atoms with Gasteiger partial charge in [0.15, 0.2) is 5.96 Å². The molecule has 3 N–H and O–H groups in total. The molecular formula is C23H34N4O2. The predicted molar refractivity (Wildman–Crippen MR) is 115 cm³/mol. The summed E-state index contributed by atoms with van der Waals surface area (Å²) in [5, 5.41) is 17.9. The number of nitrogens with zero attached hydrogens (tertiary/aromatic N) is 2. The number of hydrogen-bond donors (Lipinski definition) is 3. The van der Waals surface area contributed by atoms with E-state index in [4.69, 9.17) is 4.99 Å². The zero-order valence-electron chi connectivity index (χ0n) is 17.5. The van der Waals surface area contributed by atoms with Gasteiger partial charge in [0, 0.05) is 31.6 Å². The number of carbonyl (C=O) groups excluding carboxylic acids is 1. The molecule has 1 saturated heterocycles. The number of rotatable bonds is 5. The van der Waals surface area contributed by atoms with Gasteiger partial charge >= 0.3 is 0 Å². The van der Waals surface area contributed by atoms with Gasteiger partial charge < -0.3 is 20.6 Å². The molecule has 1 saturated carbocycles. The van der Waals surface area contributed by atoms with E-state index in [9.17, 15) is 9.90 Å². The molecule has 2 aliphatic carbocycles. The molecule has 1 aromatic rings. The summed E-state index contributed by atoms with van der Waals surface area (Å²) in [4.78, 5) is 19.4. The van der Waals surface area contributed by atoms with Crippen LogP contribution in [0.15, 0.2) is 29.3 Å². The van der Waals surface area contributed by atoms with Crippen LogP contribution in [0.3, 0.4) is 0 Å². The minimum atomic E-state index is -0.890. The van der Waals surface area contributed by atoms with E-state index in [1.165, 1.54) is 18.4 Å². The summed E-state index contributed by atoms with van der Waals surface area (Å²) in [7, 11) is 0. The van der Waals surface area contributed by atoms with Crippen molar-refractivity contribution < 1.29 is 9.90 Å². The lowest BCUT2D eigenvalue weighted by Gasteiger charge is -2.24. The molecule has 1 amide bonds. The number of aliphatic hydroxyl groups is 1. The van der Waals surface area contributed by atoms with Crippen molar-refractivity contribution in [2.45, 2.75) is 63.5 Å². The van der Waals surface area contributed by atoms with Crippen LogP contribution in [-0.2, 0) is 16.8 Å². The minimum absolute atomic E-state index is 0.212. The number of benzene rings is 1. The number of aryl methyl sites for hydroxylation is 1. The van der Waals surface area contributed by atoms with Crippen LogP contribution >= 0.6 is 0 Å². The molecule has 2 fully saturated rings. The van der Waals surface area contributed by atoms with Crippen molar-refractivity contribution in [3.63, 3.8) is 0 Å². The molecule has 158 valence electrons. The molecule has 1 aliphatic heterocycles. The van der Waals surface area contributed by atoms with Crippen LogP contribution in [0.25, 0.3) is 0 Å². The highest BCUT2D eigenvalue weighted by Gasteiger charge is 2.36. The molecule has 29 heavy (non-hydrogen) atoms. The minimum Gasteiger partial charge on any atom is -0.383 e. The molecule has 0 aromatic heterocycles. The summed E-state index contributed by atoms with van der Waals surface area (Å²) in [5.74, 6) is 1.31. The van der Waals surface area contributed by atoms with Crippen molar-refractivity contribution in [3.05, 3.63) is 35.4 Å². The number of hydrogen-bond acceptors (Lipinski definition) is 3. The van der Waals surface area contributed by atoms with Crippen molar-refractivity contribution in [2.75, 3.05) is 26.2 Å². The molecule has 1 heterocycles. The number of likely N-dealkylation sites (tertiary alicyclic amines) is 1. The summed E-state index contributed by atoms with van der Waals surface area (Å²) in [6.45, 7) is 4.72. The standard InChI is InChI=1S/C23H34N4O2/c1-2-24-22(25-16-23(29)13-11-17-7-5-6-10-20(17)23)26-19-12-14-27(15-19)21(28)18-8-3-4-9-18/h5-7,10,18-19,29H,2-4,8-9,11-16H2,1H3,(H2,24,25,26). The molecule has 4 rings (SSSR count). The highest BCUT2D eigenvalue weighted by Crippen LogP contribution is 2.36. The highest BCUT2D eigenvalue weighted by atomic mass is 16.3. The Morgan fingerprint density at radius 2 is 2.07 bits per heavy atom. The van der Waals surface area contributed by atoms with Crippen molar-refractivity contribution in [2.24, 2.45) is 10.9 Å². The fourth-order valence-corrected chi connectivity index (χ4v) is 5.07. The number of guanidine groups is 1. The van der Waals surface area contributed by atoms with Crippen molar-refractivity contribution in [3.8, 4) is 0 Å². The van der Waals surface area contributed by atoms with Crippen LogP contribution in [0.4, 0.5) is 0 Å². The van der Waals surface area contributed by atoms with Gasteiger partial charge in [-0.2, -0.15) is 0 Å². The molecule has 1 aromatic carbocycles. The Labute approximate surface area is 173 Å². The van der Waals surface area contributed by atoms with E-state index >= 15 is 0 Å². The summed E-state index contributed by atoms with van der Waals surface area (Å²) in [6, 6.07) is 8.33. The molecule has 2 unspecified atom stereocenters. The zero-order valence-corrected chi connectivity index (χ0v) is 17.5. The third-order valence-electron chi connectivity index (χ3n) is 6.71. The fraction of sp³-hybridized carbons (Fsp3) is 0.652. The third-order valence-corrected chi connectivity index (χ3v) is 6.71. The van der Waals surface area contributed by atoms with E-state index in [-0.39, 0.29) is 12.0 Å². The number of aliphatic imine (C=N–C) groups is 1. The summed E-state index contributed by atoms with van der Waals surface area (Å²) < 4.78 is 0. The SMILES string of the molecule is CCNC(=NCC1(O)CCc2ccccc21)NC1CCN(C(=O)C2CCCC2)C1. The second kappa shape index (κ2) is 8.74. The van der Waals surface area contributed by atoms with Crippen LogP contribution in [0.5, 0.6) is 0 Å². The maximum atomic E-state index is 12.7. The molecule has 0 spiro atoms. The average molecular weight is 399 g/mol. The Kier molecular flexibility index (Phi) is 6.09. The summed E-state index contributed by atoms with van der Waals surface area (Å²) >= 11 is 0. The van der Waals surface area contributed by atoms with Gasteiger partial charge in [-0.1, -0.05) is 37.1 Å². The second-order valence-electron chi connectivity index (χ2n) is 8.78. The first-order chi connectivity index (χ1) is 14.1. The normalized spacial score (nSPS) is 27.3. The zero-order chi connectivity index (χ0) is 20.3. The third kappa shape index (κ3) is 4.42. The van der Waals surface area contributed by atoms with E-state index in [0.29, 0.717) is 18.9 Å². The molecule has 6 nitrogen and oxygen atoms in total. The lowest BCUT2D eigenvalue weighted by Crippen LogP contribution is -2.46. The Hall–Kier alpha value is -2.08. The Balaban J connectivity index is 1.36. The maximum absolute atomic E-state index is 12.7. The molecule has 0 bridgehead atoms. The van der Waals surface area contributed by atoms with E-state index in [1.807, 2.05) is 30.0 Å². The van der Waals surface area contributed by atoms with Gasteiger partial charge in [-0.15, -0.1) is 0 Å². The first-order valence-corrected chi connectivity index (χ1v) is 11.2. The van der Waals surface area contributed by atoms with Gasteiger partial charge in [0.05, 0.1) is 6.54 Å². The average Bonchev–Trinajstić information content (AvgIpc) is 3.48. The van der Waals surface area contributed by atoms with Crippen LogP contribution < -0.4 is 10.6 Å². The lowest BCUT2D eigenvalue weighted by molar-refractivity contribution is -0.134. The van der Waals surface area contributed by atoms with Crippen molar-refractivity contribution in [1.82, 2.24) is 15.5 Å². The quantitative estimate of drug-likeness (QED) is 0.525. The lowest BCUT2D eigenvalue weighted by atomic mass is 9.96. The highest BCUT2D eigenvalue weighted by molar-refractivity contribution is 5.81. The first kappa shape index (κ1) is 20.2. The van der Waals surface area contributed by atoms with Crippen LogP contribution in [0.1, 0.15) is 56.6 Å². The molecule has 3 aliphatic rings. The van der Waals surface area contributed by atoms with E-state index in [2.05, 4.69) is 16.7 Å².